The molecule has 1 aromatic rings. The molecule has 0 bridgehead atoms. The molecule has 4 heteroatoms. The predicted octanol–water partition coefficient (Wildman–Crippen LogP) is 2.19. The van der Waals surface area contributed by atoms with Crippen molar-refractivity contribution in [3.05, 3.63) is 34.6 Å². The first-order valence-corrected chi connectivity index (χ1v) is 4.95. The van der Waals surface area contributed by atoms with Gasteiger partial charge in [0.05, 0.1) is 6.61 Å². The predicted molar refractivity (Wildman–Crippen MR) is 56.8 cm³/mol. The summed E-state index contributed by atoms with van der Waals surface area (Å²) in [4.78, 5) is 23.0. The van der Waals surface area contributed by atoms with Crippen molar-refractivity contribution in [2.75, 3.05) is 6.61 Å². The third-order valence-corrected chi connectivity index (χ3v) is 2.19. The van der Waals surface area contributed by atoms with Crippen LogP contribution in [-0.4, -0.2) is 18.4 Å². The second kappa shape index (κ2) is 4.88. The Bertz CT molecular complexity index is 415. The van der Waals surface area contributed by atoms with Gasteiger partial charge in [0, 0.05) is 5.56 Å². The summed E-state index contributed by atoms with van der Waals surface area (Å²) < 4.78 is 17.6. The number of Topliss-reactive ketones (excluding diaryl/α,β-unsaturated/α-hetero) is 1. The summed E-state index contributed by atoms with van der Waals surface area (Å²) in [6, 6.07) is 2.44. The first-order chi connectivity index (χ1) is 7.47. The van der Waals surface area contributed by atoms with Crippen molar-refractivity contribution in [1.82, 2.24) is 0 Å². The van der Waals surface area contributed by atoms with Gasteiger partial charge in [0.2, 0.25) is 0 Å². The van der Waals surface area contributed by atoms with Crippen molar-refractivity contribution in [2.45, 2.75) is 20.8 Å². The van der Waals surface area contributed by atoms with E-state index in [1.807, 2.05) is 0 Å². The van der Waals surface area contributed by atoms with Crippen molar-refractivity contribution in [1.29, 1.82) is 0 Å². The first kappa shape index (κ1) is 12.4. The molecule has 0 spiro atoms. The summed E-state index contributed by atoms with van der Waals surface area (Å²) in [6.07, 6.45) is 0. The van der Waals surface area contributed by atoms with Gasteiger partial charge in [-0.3, -0.25) is 4.79 Å². The molecule has 0 aromatic heterocycles. The molecule has 1 aromatic carbocycles. The van der Waals surface area contributed by atoms with Crippen LogP contribution in [0.15, 0.2) is 12.1 Å². The maximum atomic E-state index is 13.0. The molecule has 0 aliphatic heterocycles. The van der Waals surface area contributed by atoms with Crippen LogP contribution in [0.3, 0.4) is 0 Å². The van der Waals surface area contributed by atoms with Gasteiger partial charge in [0.25, 0.3) is 5.78 Å². The molecule has 0 fully saturated rings. The zero-order valence-electron chi connectivity index (χ0n) is 9.46. The van der Waals surface area contributed by atoms with E-state index < -0.39 is 17.6 Å². The van der Waals surface area contributed by atoms with Crippen LogP contribution >= 0.6 is 0 Å². The summed E-state index contributed by atoms with van der Waals surface area (Å²) >= 11 is 0. The van der Waals surface area contributed by atoms with Gasteiger partial charge in [-0.05, 0) is 44.0 Å². The van der Waals surface area contributed by atoms with Crippen molar-refractivity contribution in [2.24, 2.45) is 0 Å². The van der Waals surface area contributed by atoms with Crippen molar-refractivity contribution < 1.29 is 18.7 Å². The van der Waals surface area contributed by atoms with Crippen molar-refractivity contribution in [3.63, 3.8) is 0 Å². The molecular weight excluding hydrogens is 211 g/mol. The number of rotatable bonds is 3. The lowest BCUT2D eigenvalue weighted by atomic mass is 9.99. The Labute approximate surface area is 93.2 Å². The Morgan fingerprint density at radius 2 is 1.75 bits per heavy atom. The van der Waals surface area contributed by atoms with E-state index in [0.29, 0.717) is 11.1 Å². The lowest BCUT2D eigenvalue weighted by molar-refractivity contribution is -0.137. The van der Waals surface area contributed by atoms with Crippen LogP contribution in [0.2, 0.25) is 0 Å². The molecule has 0 aliphatic rings. The number of ketones is 1. The number of halogens is 1. The molecular formula is C12H13FO3. The molecule has 16 heavy (non-hydrogen) atoms. The molecule has 1 rings (SSSR count). The molecule has 0 saturated heterocycles. The second-order valence-electron chi connectivity index (χ2n) is 3.46. The van der Waals surface area contributed by atoms with Crippen LogP contribution < -0.4 is 0 Å². The van der Waals surface area contributed by atoms with Gasteiger partial charge >= 0.3 is 5.97 Å². The van der Waals surface area contributed by atoms with E-state index >= 15 is 0 Å². The fourth-order valence-corrected chi connectivity index (χ4v) is 1.57. The average Bonchev–Trinajstić information content (AvgIpc) is 2.16. The van der Waals surface area contributed by atoms with Gasteiger partial charge in [-0.1, -0.05) is 0 Å². The van der Waals surface area contributed by atoms with Gasteiger partial charge in [-0.25, -0.2) is 9.18 Å². The summed E-state index contributed by atoms with van der Waals surface area (Å²) in [7, 11) is 0. The van der Waals surface area contributed by atoms with Crippen LogP contribution in [0.1, 0.15) is 28.4 Å². The van der Waals surface area contributed by atoms with E-state index in [-0.39, 0.29) is 12.2 Å². The molecule has 0 atom stereocenters. The molecule has 0 heterocycles. The van der Waals surface area contributed by atoms with Crippen LogP contribution in [0.25, 0.3) is 0 Å². The Balaban J connectivity index is 3.14. The monoisotopic (exact) mass is 224 g/mol. The normalized spacial score (nSPS) is 10.0. The highest BCUT2D eigenvalue weighted by molar-refractivity contribution is 6.41. The highest BCUT2D eigenvalue weighted by Crippen LogP contribution is 2.17. The zero-order chi connectivity index (χ0) is 12.3. The average molecular weight is 224 g/mol. The second-order valence-corrected chi connectivity index (χ2v) is 3.46. The summed E-state index contributed by atoms with van der Waals surface area (Å²) in [5, 5.41) is 0. The smallest absolute Gasteiger partial charge is 0.379 e. The SMILES string of the molecule is CCOC(=O)C(=O)c1c(C)cc(F)cc1C. The third kappa shape index (κ3) is 2.45. The van der Waals surface area contributed by atoms with Gasteiger partial charge in [-0.15, -0.1) is 0 Å². The Morgan fingerprint density at radius 3 is 2.19 bits per heavy atom. The number of hydrogen-bond acceptors (Lipinski definition) is 3. The minimum atomic E-state index is -0.902. The number of benzene rings is 1. The molecule has 0 radical (unpaired) electrons. The van der Waals surface area contributed by atoms with Crippen LogP contribution in [0.5, 0.6) is 0 Å². The van der Waals surface area contributed by atoms with Gasteiger partial charge in [-0.2, -0.15) is 0 Å². The van der Waals surface area contributed by atoms with Crippen LogP contribution in [-0.2, 0) is 9.53 Å². The van der Waals surface area contributed by atoms with Crippen LogP contribution in [0, 0.1) is 19.7 Å². The Morgan fingerprint density at radius 1 is 1.25 bits per heavy atom. The largest absolute Gasteiger partial charge is 0.460 e. The maximum Gasteiger partial charge on any atom is 0.379 e. The highest BCUT2D eigenvalue weighted by Gasteiger charge is 2.21. The minimum Gasteiger partial charge on any atom is -0.460 e. The number of aryl methyl sites for hydroxylation is 2. The standard InChI is InChI=1S/C12H13FO3/c1-4-16-12(15)11(14)10-7(2)5-9(13)6-8(10)3/h5-6H,4H2,1-3H3. The molecule has 86 valence electrons. The molecule has 0 unspecified atom stereocenters. The molecule has 0 N–H and O–H groups in total. The fraction of sp³-hybridized carbons (Fsp3) is 0.333. The number of hydrogen-bond donors (Lipinski definition) is 0. The van der Waals surface area contributed by atoms with Crippen molar-refractivity contribution in [3.8, 4) is 0 Å². The Hall–Kier alpha value is -1.71. The number of esters is 1. The van der Waals surface area contributed by atoms with Gasteiger partial charge in [0.1, 0.15) is 5.82 Å². The van der Waals surface area contributed by atoms with Crippen LogP contribution in [0.4, 0.5) is 4.39 Å². The quantitative estimate of drug-likeness (QED) is 0.449. The number of ether oxygens (including phenoxy) is 1. The van der Waals surface area contributed by atoms with Gasteiger partial charge in [0.15, 0.2) is 0 Å². The van der Waals surface area contributed by atoms with E-state index in [1.165, 1.54) is 12.1 Å². The van der Waals surface area contributed by atoms with E-state index in [1.54, 1.807) is 20.8 Å². The summed E-state index contributed by atoms with van der Waals surface area (Å²) in [6.45, 7) is 4.94. The van der Waals surface area contributed by atoms with E-state index in [2.05, 4.69) is 4.74 Å². The number of carbonyl (C=O) groups is 2. The fourth-order valence-electron chi connectivity index (χ4n) is 1.57. The van der Waals surface area contributed by atoms with E-state index in [9.17, 15) is 14.0 Å². The third-order valence-electron chi connectivity index (χ3n) is 2.19. The molecule has 0 aliphatic carbocycles. The lowest BCUT2D eigenvalue weighted by Gasteiger charge is -2.08. The van der Waals surface area contributed by atoms with E-state index in [4.69, 9.17) is 0 Å². The first-order valence-electron chi connectivity index (χ1n) is 4.95. The lowest BCUT2D eigenvalue weighted by Crippen LogP contribution is -2.19. The van der Waals surface area contributed by atoms with Crippen molar-refractivity contribution >= 4 is 11.8 Å². The summed E-state index contributed by atoms with van der Waals surface area (Å²) in [5.41, 5.74) is 1.10. The highest BCUT2D eigenvalue weighted by atomic mass is 19.1. The number of carbonyl (C=O) groups excluding carboxylic acids is 2. The van der Waals surface area contributed by atoms with Gasteiger partial charge < -0.3 is 4.74 Å². The minimum absolute atomic E-state index is 0.143. The Kier molecular flexibility index (Phi) is 3.77. The zero-order valence-corrected chi connectivity index (χ0v) is 9.46. The van der Waals surface area contributed by atoms with E-state index in [0.717, 1.165) is 0 Å². The molecule has 0 saturated carbocycles. The maximum absolute atomic E-state index is 13.0. The topological polar surface area (TPSA) is 43.4 Å². The molecule has 3 nitrogen and oxygen atoms in total. The molecule has 0 amide bonds. The summed E-state index contributed by atoms with van der Waals surface area (Å²) in [5.74, 6) is -2.05.